The van der Waals surface area contributed by atoms with Crippen LogP contribution in [0.4, 0.5) is 0 Å². The van der Waals surface area contributed by atoms with Crippen LogP contribution >= 0.6 is 11.6 Å². The van der Waals surface area contributed by atoms with Crippen molar-refractivity contribution in [2.24, 2.45) is 0 Å². The second kappa shape index (κ2) is 8.32. The summed E-state index contributed by atoms with van der Waals surface area (Å²) >= 11 is 6.55. The van der Waals surface area contributed by atoms with Crippen LogP contribution in [0.5, 0.6) is 5.75 Å². The van der Waals surface area contributed by atoms with Gasteiger partial charge in [0.05, 0.1) is 0 Å². The maximum atomic E-state index is 6.55. The SMILES string of the molecule is Cc1ccc(C(C)C)cc1OCc1c(C)nc(-c2c(C)cccc2C)nc1Cl. The molecule has 0 unspecified atom stereocenters. The minimum absolute atomic E-state index is 0.347. The Kier molecular flexibility index (Phi) is 6.04. The van der Waals surface area contributed by atoms with E-state index in [1.54, 1.807) is 0 Å². The Labute approximate surface area is 172 Å². The molecule has 146 valence electrons. The molecule has 3 aromatic rings. The van der Waals surface area contributed by atoms with Crippen molar-refractivity contribution in [1.82, 2.24) is 9.97 Å². The van der Waals surface area contributed by atoms with Crippen molar-refractivity contribution >= 4 is 11.6 Å². The quantitative estimate of drug-likeness (QED) is 0.450. The molecule has 3 rings (SSSR count). The fourth-order valence-corrected chi connectivity index (χ4v) is 3.56. The van der Waals surface area contributed by atoms with E-state index in [1.165, 1.54) is 5.56 Å². The highest BCUT2D eigenvalue weighted by Gasteiger charge is 2.15. The average Bonchev–Trinajstić information content (AvgIpc) is 2.62. The fourth-order valence-electron chi connectivity index (χ4n) is 3.29. The van der Waals surface area contributed by atoms with Crippen LogP contribution in [-0.2, 0) is 6.61 Å². The van der Waals surface area contributed by atoms with E-state index in [0.717, 1.165) is 39.3 Å². The maximum absolute atomic E-state index is 6.55. The molecule has 1 heterocycles. The van der Waals surface area contributed by atoms with Crippen molar-refractivity contribution in [3.8, 4) is 17.1 Å². The third-order valence-corrected chi connectivity index (χ3v) is 5.43. The molecule has 0 saturated carbocycles. The van der Waals surface area contributed by atoms with Crippen LogP contribution in [0.2, 0.25) is 5.15 Å². The number of halogens is 1. The summed E-state index contributed by atoms with van der Waals surface area (Å²) < 4.78 is 6.10. The highest BCUT2D eigenvalue weighted by molar-refractivity contribution is 6.30. The smallest absolute Gasteiger partial charge is 0.161 e. The van der Waals surface area contributed by atoms with Gasteiger partial charge in [-0.3, -0.25) is 0 Å². The van der Waals surface area contributed by atoms with Crippen molar-refractivity contribution in [2.75, 3.05) is 0 Å². The third-order valence-electron chi connectivity index (χ3n) is 5.12. The second-order valence-electron chi connectivity index (χ2n) is 7.64. The topological polar surface area (TPSA) is 35.0 Å². The normalized spacial score (nSPS) is 11.1. The van der Waals surface area contributed by atoms with Crippen LogP contribution in [0, 0.1) is 27.7 Å². The van der Waals surface area contributed by atoms with Gasteiger partial charge in [0.25, 0.3) is 0 Å². The summed E-state index contributed by atoms with van der Waals surface area (Å²) in [5.41, 5.74) is 7.35. The summed E-state index contributed by atoms with van der Waals surface area (Å²) in [6, 6.07) is 12.5. The fraction of sp³-hybridized carbons (Fsp3) is 0.333. The summed E-state index contributed by atoms with van der Waals surface area (Å²) in [4.78, 5) is 9.31. The van der Waals surface area contributed by atoms with Gasteiger partial charge in [-0.1, -0.05) is 55.8 Å². The average molecular weight is 395 g/mol. The van der Waals surface area contributed by atoms with Gasteiger partial charge in [-0.15, -0.1) is 0 Å². The molecule has 1 aromatic heterocycles. The van der Waals surface area contributed by atoms with Crippen molar-refractivity contribution < 1.29 is 4.74 Å². The van der Waals surface area contributed by atoms with E-state index in [9.17, 15) is 0 Å². The van der Waals surface area contributed by atoms with E-state index in [4.69, 9.17) is 21.3 Å². The summed E-state index contributed by atoms with van der Waals surface area (Å²) in [6.45, 7) is 12.8. The molecule has 0 N–H and O–H groups in total. The molecular formula is C24H27ClN2O. The van der Waals surface area contributed by atoms with Crippen molar-refractivity contribution in [2.45, 2.75) is 54.1 Å². The van der Waals surface area contributed by atoms with E-state index >= 15 is 0 Å². The molecule has 0 atom stereocenters. The number of hydrogen-bond donors (Lipinski definition) is 0. The Bertz CT molecular complexity index is 968. The largest absolute Gasteiger partial charge is 0.488 e. The van der Waals surface area contributed by atoms with Crippen LogP contribution in [0.1, 0.15) is 53.3 Å². The summed E-state index contributed by atoms with van der Waals surface area (Å²) in [7, 11) is 0. The molecule has 4 heteroatoms. The van der Waals surface area contributed by atoms with Crippen LogP contribution < -0.4 is 4.74 Å². The molecule has 0 radical (unpaired) electrons. The number of nitrogens with zero attached hydrogens (tertiary/aromatic N) is 2. The molecule has 0 saturated heterocycles. The lowest BCUT2D eigenvalue weighted by molar-refractivity contribution is 0.302. The molecule has 3 nitrogen and oxygen atoms in total. The molecule has 2 aromatic carbocycles. The van der Waals surface area contributed by atoms with Gasteiger partial charge in [0.2, 0.25) is 0 Å². The predicted octanol–water partition coefficient (Wildman–Crippen LogP) is 6.73. The van der Waals surface area contributed by atoms with E-state index in [2.05, 4.69) is 69.9 Å². The van der Waals surface area contributed by atoms with Gasteiger partial charge in [0.15, 0.2) is 5.82 Å². The third kappa shape index (κ3) is 4.20. The van der Waals surface area contributed by atoms with Crippen molar-refractivity contribution in [3.05, 3.63) is 75.1 Å². The van der Waals surface area contributed by atoms with Gasteiger partial charge >= 0.3 is 0 Å². The molecule has 0 fully saturated rings. The highest BCUT2D eigenvalue weighted by Crippen LogP contribution is 2.29. The van der Waals surface area contributed by atoms with Crippen molar-refractivity contribution in [1.29, 1.82) is 0 Å². The van der Waals surface area contributed by atoms with Gasteiger partial charge in [-0.05, 0) is 61.9 Å². The van der Waals surface area contributed by atoms with Gasteiger partial charge < -0.3 is 4.74 Å². The first-order valence-corrected chi connectivity index (χ1v) is 9.98. The maximum Gasteiger partial charge on any atom is 0.161 e. The molecule has 0 amide bonds. The number of rotatable bonds is 5. The molecule has 0 spiro atoms. The van der Waals surface area contributed by atoms with Crippen LogP contribution in [0.3, 0.4) is 0 Å². The van der Waals surface area contributed by atoms with E-state index in [0.29, 0.717) is 23.5 Å². The number of aryl methyl sites for hydroxylation is 4. The standard InChI is InChI=1S/C24H27ClN2O/c1-14(2)19-11-10-15(3)21(12-19)28-13-20-18(6)26-24(27-23(20)25)22-16(4)8-7-9-17(22)5/h7-12,14H,13H2,1-6H3. The Balaban J connectivity index is 1.90. The van der Waals surface area contributed by atoms with E-state index in [1.807, 2.05) is 13.0 Å². The molecule has 0 aliphatic heterocycles. The zero-order chi connectivity index (χ0) is 20.4. The van der Waals surface area contributed by atoms with Crippen LogP contribution in [0.15, 0.2) is 36.4 Å². The predicted molar refractivity (Wildman–Crippen MR) is 116 cm³/mol. The second-order valence-corrected chi connectivity index (χ2v) is 8.00. The first-order valence-electron chi connectivity index (χ1n) is 9.61. The zero-order valence-electron chi connectivity index (χ0n) is 17.4. The van der Waals surface area contributed by atoms with Gasteiger partial charge in [0.1, 0.15) is 17.5 Å². The minimum Gasteiger partial charge on any atom is -0.488 e. The summed E-state index contributed by atoms with van der Waals surface area (Å²) in [5.74, 6) is 1.99. The molecule has 0 aliphatic carbocycles. The zero-order valence-corrected chi connectivity index (χ0v) is 18.2. The number of hydrogen-bond acceptors (Lipinski definition) is 3. The number of aromatic nitrogens is 2. The molecule has 0 aliphatic rings. The first-order chi connectivity index (χ1) is 13.3. The Morgan fingerprint density at radius 3 is 2.21 bits per heavy atom. The van der Waals surface area contributed by atoms with Crippen LogP contribution in [0.25, 0.3) is 11.4 Å². The van der Waals surface area contributed by atoms with Crippen LogP contribution in [-0.4, -0.2) is 9.97 Å². The minimum atomic E-state index is 0.347. The first kappa shape index (κ1) is 20.3. The Morgan fingerprint density at radius 1 is 0.929 bits per heavy atom. The van der Waals surface area contributed by atoms with Gasteiger partial charge in [-0.2, -0.15) is 0 Å². The van der Waals surface area contributed by atoms with E-state index in [-0.39, 0.29) is 0 Å². The van der Waals surface area contributed by atoms with Gasteiger partial charge in [-0.25, -0.2) is 9.97 Å². The molecule has 28 heavy (non-hydrogen) atoms. The highest BCUT2D eigenvalue weighted by atomic mass is 35.5. The number of benzene rings is 2. The Morgan fingerprint density at radius 2 is 1.61 bits per heavy atom. The van der Waals surface area contributed by atoms with Crippen molar-refractivity contribution in [3.63, 3.8) is 0 Å². The van der Waals surface area contributed by atoms with E-state index < -0.39 is 0 Å². The Hall–Kier alpha value is -2.39. The lowest BCUT2D eigenvalue weighted by Gasteiger charge is -2.15. The lowest BCUT2D eigenvalue weighted by Crippen LogP contribution is -2.06. The summed E-state index contributed by atoms with van der Waals surface area (Å²) in [5, 5.41) is 0.447. The monoisotopic (exact) mass is 394 g/mol. The lowest BCUT2D eigenvalue weighted by atomic mass is 10.0. The molecule has 0 bridgehead atoms. The number of ether oxygens (including phenoxy) is 1. The molecular weight excluding hydrogens is 368 g/mol. The van der Waals surface area contributed by atoms with Gasteiger partial charge in [0, 0.05) is 16.8 Å². The summed E-state index contributed by atoms with van der Waals surface area (Å²) in [6.07, 6.45) is 0.